The van der Waals surface area contributed by atoms with Crippen molar-refractivity contribution >= 4 is 22.7 Å². The van der Waals surface area contributed by atoms with Crippen molar-refractivity contribution in [3.63, 3.8) is 0 Å². The van der Waals surface area contributed by atoms with Crippen LogP contribution in [0.4, 0.5) is 4.39 Å². The predicted octanol–water partition coefficient (Wildman–Crippen LogP) is 5.83. The molecule has 7 heteroatoms. The quantitative estimate of drug-likeness (QED) is 0.332. The Morgan fingerprint density at radius 2 is 1.95 bits per heavy atom. The summed E-state index contributed by atoms with van der Waals surface area (Å²) in [6.07, 6.45) is 3.64. The molecule has 190 valence electrons. The van der Waals surface area contributed by atoms with Crippen LogP contribution in [0.2, 0.25) is 0 Å². The van der Waals surface area contributed by atoms with Crippen LogP contribution in [-0.4, -0.2) is 34.0 Å². The highest BCUT2D eigenvalue weighted by Gasteiger charge is 2.26. The van der Waals surface area contributed by atoms with E-state index in [1.54, 1.807) is 6.20 Å². The molecule has 1 unspecified atom stereocenters. The lowest BCUT2D eigenvalue weighted by Crippen LogP contribution is -2.24. The molecule has 0 saturated heterocycles. The molecular formula is C30H31FN4O2. The normalized spacial score (nSPS) is 15.2. The summed E-state index contributed by atoms with van der Waals surface area (Å²) in [5.41, 5.74) is 5.20. The number of benzene rings is 2. The van der Waals surface area contributed by atoms with Crippen LogP contribution in [0.15, 0.2) is 72.0 Å². The maximum absolute atomic E-state index is 13.6. The fourth-order valence-electron chi connectivity index (χ4n) is 4.88. The molecule has 4 aromatic rings. The van der Waals surface area contributed by atoms with Crippen molar-refractivity contribution in [3.05, 3.63) is 101 Å². The average Bonchev–Trinajstić information content (AvgIpc) is 3.51. The summed E-state index contributed by atoms with van der Waals surface area (Å²) in [4.78, 5) is 22.3. The first-order valence-corrected chi connectivity index (χ1v) is 12.7. The minimum atomic E-state index is -0.427. The van der Waals surface area contributed by atoms with Crippen LogP contribution in [0.5, 0.6) is 0 Å². The number of aromatic nitrogens is 2. The van der Waals surface area contributed by atoms with Gasteiger partial charge in [-0.2, -0.15) is 0 Å². The zero-order valence-corrected chi connectivity index (χ0v) is 21.4. The zero-order valence-electron chi connectivity index (χ0n) is 21.4. The first-order valence-electron chi connectivity index (χ1n) is 12.7. The third-order valence-corrected chi connectivity index (χ3v) is 6.71. The Morgan fingerprint density at radius 1 is 1.14 bits per heavy atom. The standard InChI is InChI=1S/C30H31FN4O2/c1-4-24-18-37-30(34-24)22-10-11-25-26(13-22)35(17-20-8-6-5-7-9-20)28(19(2)3)27(25)29(36)33-15-21-12-23(31)16-32-14-21/h5-14,16,19,24H,4,15,17-18H2,1-3H3,(H,33,36). The number of aliphatic imine (C=N–C) groups is 1. The maximum atomic E-state index is 13.6. The summed E-state index contributed by atoms with van der Waals surface area (Å²) in [5, 5.41) is 3.85. The van der Waals surface area contributed by atoms with Gasteiger partial charge in [0.15, 0.2) is 0 Å². The molecule has 1 aliphatic rings. The molecule has 6 nitrogen and oxygen atoms in total. The lowest BCUT2D eigenvalue weighted by atomic mass is 10.0. The number of nitrogens with one attached hydrogen (secondary N) is 1. The van der Waals surface area contributed by atoms with Crippen molar-refractivity contribution in [3.8, 4) is 0 Å². The summed E-state index contributed by atoms with van der Waals surface area (Å²) in [7, 11) is 0. The van der Waals surface area contributed by atoms with Crippen molar-refractivity contribution in [2.75, 3.05) is 6.61 Å². The van der Waals surface area contributed by atoms with Crippen molar-refractivity contribution in [2.45, 2.75) is 52.2 Å². The SMILES string of the molecule is CCC1COC(c2ccc3c(C(=O)NCc4cncc(F)c4)c(C(C)C)n(Cc4ccccc4)c3c2)=N1. The van der Waals surface area contributed by atoms with E-state index >= 15 is 0 Å². The smallest absolute Gasteiger partial charge is 0.254 e. The van der Waals surface area contributed by atoms with E-state index in [0.717, 1.165) is 40.3 Å². The van der Waals surface area contributed by atoms with Crippen LogP contribution in [0.1, 0.15) is 65.9 Å². The number of hydrogen-bond acceptors (Lipinski definition) is 4. The van der Waals surface area contributed by atoms with Gasteiger partial charge in [0.25, 0.3) is 5.91 Å². The number of fused-ring (bicyclic) bond motifs is 1. The van der Waals surface area contributed by atoms with E-state index in [1.165, 1.54) is 6.07 Å². The molecule has 2 aromatic heterocycles. The molecule has 0 fully saturated rings. The molecule has 37 heavy (non-hydrogen) atoms. The molecule has 1 atom stereocenters. The van der Waals surface area contributed by atoms with Gasteiger partial charge >= 0.3 is 0 Å². The Labute approximate surface area is 216 Å². The van der Waals surface area contributed by atoms with E-state index in [9.17, 15) is 9.18 Å². The first kappa shape index (κ1) is 24.7. The fourth-order valence-corrected chi connectivity index (χ4v) is 4.88. The molecule has 0 saturated carbocycles. The molecule has 1 N–H and O–H groups in total. The Hall–Kier alpha value is -4.00. The van der Waals surface area contributed by atoms with E-state index in [1.807, 2.05) is 30.3 Å². The van der Waals surface area contributed by atoms with E-state index in [4.69, 9.17) is 9.73 Å². The zero-order chi connectivity index (χ0) is 25.9. The van der Waals surface area contributed by atoms with Gasteiger partial charge in [0, 0.05) is 35.9 Å². The summed E-state index contributed by atoms with van der Waals surface area (Å²) < 4.78 is 21.7. The van der Waals surface area contributed by atoms with Crippen LogP contribution in [0.3, 0.4) is 0 Å². The lowest BCUT2D eigenvalue weighted by molar-refractivity contribution is 0.0951. The van der Waals surface area contributed by atoms with Gasteiger partial charge in [-0.3, -0.25) is 9.78 Å². The highest BCUT2D eigenvalue weighted by Crippen LogP contribution is 2.33. The van der Waals surface area contributed by atoms with E-state index < -0.39 is 5.82 Å². The molecule has 5 rings (SSSR count). The van der Waals surface area contributed by atoms with Gasteiger partial charge in [-0.05, 0) is 41.7 Å². The molecule has 0 bridgehead atoms. The molecule has 2 aromatic carbocycles. The number of ether oxygens (including phenoxy) is 1. The monoisotopic (exact) mass is 498 g/mol. The van der Waals surface area contributed by atoms with Gasteiger partial charge in [-0.15, -0.1) is 0 Å². The number of amides is 1. The van der Waals surface area contributed by atoms with Gasteiger partial charge in [0.05, 0.1) is 23.3 Å². The summed E-state index contributed by atoms with van der Waals surface area (Å²) >= 11 is 0. The van der Waals surface area contributed by atoms with Crippen LogP contribution in [0.25, 0.3) is 10.9 Å². The topological polar surface area (TPSA) is 68.5 Å². The highest BCUT2D eigenvalue weighted by molar-refractivity contribution is 6.10. The molecule has 0 radical (unpaired) electrons. The summed E-state index contributed by atoms with van der Waals surface area (Å²) in [6.45, 7) is 7.71. The van der Waals surface area contributed by atoms with Crippen molar-refractivity contribution in [2.24, 2.45) is 4.99 Å². The van der Waals surface area contributed by atoms with Crippen LogP contribution < -0.4 is 5.32 Å². The van der Waals surface area contributed by atoms with Crippen LogP contribution >= 0.6 is 0 Å². The van der Waals surface area contributed by atoms with Crippen molar-refractivity contribution in [1.82, 2.24) is 14.9 Å². The average molecular weight is 499 g/mol. The Kier molecular flexibility index (Phi) is 7.04. The Balaban J connectivity index is 1.60. The van der Waals surface area contributed by atoms with E-state index in [-0.39, 0.29) is 24.4 Å². The van der Waals surface area contributed by atoms with Gasteiger partial charge in [-0.1, -0.05) is 57.2 Å². The number of hydrogen-bond donors (Lipinski definition) is 1. The van der Waals surface area contributed by atoms with Crippen LogP contribution in [0, 0.1) is 5.82 Å². The van der Waals surface area contributed by atoms with Gasteiger partial charge < -0.3 is 14.6 Å². The van der Waals surface area contributed by atoms with Gasteiger partial charge in [0.1, 0.15) is 12.4 Å². The number of carbonyl (C=O) groups is 1. The third kappa shape index (κ3) is 5.12. The first-order chi connectivity index (χ1) is 17.9. The highest BCUT2D eigenvalue weighted by atomic mass is 19.1. The van der Waals surface area contributed by atoms with Crippen LogP contribution in [-0.2, 0) is 17.8 Å². The Bertz CT molecular complexity index is 1460. The minimum Gasteiger partial charge on any atom is -0.475 e. The third-order valence-electron chi connectivity index (χ3n) is 6.71. The lowest BCUT2D eigenvalue weighted by Gasteiger charge is -2.16. The van der Waals surface area contributed by atoms with E-state index in [0.29, 0.717) is 30.2 Å². The summed E-state index contributed by atoms with van der Waals surface area (Å²) in [5.74, 6) is 0.111. The predicted molar refractivity (Wildman–Crippen MR) is 144 cm³/mol. The van der Waals surface area contributed by atoms with Gasteiger partial charge in [0.2, 0.25) is 5.90 Å². The van der Waals surface area contributed by atoms with Crippen molar-refractivity contribution < 1.29 is 13.9 Å². The second-order valence-electron chi connectivity index (χ2n) is 9.72. The molecule has 1 aliphatic heterocycles. The number of rotatable bonds is 8. The molecule has 0 spiro atoms. The maximum Gasteiger partial charge on any atom is 0.254 e. The van der Waals surface area contributed by atoms with Crippen molar-refractivity contribution in [1.29, 1.82) is 0 Å². The molecule has 3 heterocycles. The largest absolute Gasteiger partial charge is 0.475 e. The minimum absolute atomic E-state index is 0.0840. The second kappa shape index (κ2) is 10.5. The molecule has 0 aliphatic carbocycles. The molecule has 1 amide bonds. The number of nitrogens with zero attached hydrogens (tertiary/aromatic N) is 3. The molecular weight excluding hydrogens is 467 g/mol. The number of halogens is 1. The van der Waals surface area contributed by atoms with Gasteiger partial charge in [-0.25, -0.2) is 9.38 Å². The van der Waals surface area contributed by atoms with E-state index in [2.05, 4.69) is 53.8 Å². The summed E-state index contributed by atoms with van der Waals surface area (Å²) in [6, 6.07) is 17.8. The number of carbonyl (C=O) groups excluding carboxylic acids is 1. The fraction of sp³-hybridized carbons (Fsp3) is 0.300. The number of pyridine rings is 1. The second-order valence-corrected chi connectivity index (χ2v) is 9.72. The Morgan fingerprint density at radius 3 is 2.65 bits per heavy atom.